The summed E-state index contributed by atoms with van der Waals surface area (Å²) in [5.74, 6) is 1.42. The first-order valence-corrected chi connectivity index (χ1v) is 8.97. The monoisotopic (exact) mass is 358 g/mol. The van der Waals surface area contributed by atoms with Crippen molar-refractivity contribution >= 4 is 27.4 Å². The van der Waals surface area contributed by atoms with E-state index >= 15 is 0 Å². The third kappa shape index (κ3) is 4.00. The second-order valence-electron chi connectivity index (χ2n) is 6.05. The number of nitrogens with one attached hydrogen (secondary N) is 1. The molecule has 1 unspecified atom stereocenters. The van der Waals surface area contributed by atoms with Crippen LogP contribution in [0.25, 0.3) is 22.3 Å². The number of fused-ring (bicyclic) bond motifs is 1. The van der Waals surface area contributed by atoms with Crippen LogP contribution in [0, 0.1) is 0 Å². The van der Waals surface area contributed by atoms with E-state index in [1.807, 2.05) is 29.6 Å². The Kier molecular flexibility index (Phi) is 5.06. The van der Waals surface area contributed by atoms with Crippen molar-refractivity contribution in [2.45, 2.75) is 33.0 Å². The fourth-order valence-corrected chi connectivity index (χ4v) is 3.29. The van der Waals surface area contributed by atoms with Gasteiger partial charge in [0, 0.05) is 28.9 Å². The van der Waals surface area contributed by atoms with E-state index < -0.39 is 6.23 Å². The Hall–Kier alpha value is -2.38. The molecule has 7 heteroatoms. The van der Waals surface area contributed by atoms with E-state index in [9.17, 15) is 0 Å². The maximum atomic E-state index is 5.83. The number of nitrogens with two attached hydrogens (primary N) is 1. The first-order valence-electron chi connectivity index (χ1n) is 8.09. The third-order valence-corrected chi connectivity index (χ3v) is 4.24. The highest BCUT2D eigenvalue weighted by Crippen LogP contribution is 2.33. The Morgan fingerprint density at radius 3 is 2.60 bits per heavy atom. The average molecular weight is 358 g/mol. The summed E-state index contributed by atoms with van der Waals surface area (Å²) in [5.41, 5.74) is 8.14. The van der Waals surface area contributed by atoms with Crippen molar-refractivity contribution in [3.63, 3.8) is 0 Å². The molecular formula is C18H22N4O2S. The quantitative estimate of drug-likeness (QED) is 0.651. The molecule has 132 valence electrons. The summed E-state index contributed by atoms with van der Waals surface area (Å²) in [6, 6.07) is 7.89. The number of anilines is 1. The zero-order valence-electron chi connectivity index (χ0n) is 14.7. The molecule has 0 radical (unpaired) electrons. The minimum atomic E-state index is -0.422. The Morgan fingerprint density at radius 1 is 1.12 bits per heavy atom. The first-order chi connectivity index (χ1) is 12.0. The van der Waals surface area contributed by atoms with Crippen molar-refractivity contribution < 1.29 is 9.47 Å². The molecule has 0 amide bonds. The van der Waals surface area contributed by atoms with E-state index in [0.29, 0.717) is 11.8 Å². The standard InChI is InChI=1S/C18H22N4O2S/c1-10(2)20-18-22-16(9-25-18)15-8-17(24-11(3)19)13-6-5-12(23-4)7-14(13)21-15/h5-11H,19H2,1-4H3,(H,20,22). The molecule has 0 aliphatic rings. The van der Waals surface area contributed by atoms with Gasteiger partial charge in [-0.05, 0) is 32.9 Å². The average Bonchev–Trinajstić information content (AvgIpc) is 3.01. The molecule has 1 atom stereocenters. The first kappa shape index (κ1) is 17.4. The van der Waals surface area contributed by atoms with Gasteiger partial charge >= 0.3 is 0 Å². The van der Waals surface area contributed by atoms with Gasteiger partial charge in [0.2, 0.25) is 0 Å². The van der Waals surface area contributed by atoms with Gasteiger partial charge in [0.1, 0.15) is 23.4 Å². The topological polar surface area (TPSA) is 82.3 Å². The number of rotatable bonds is 6. The zero-order chi connectivity index (χ0) is 18.0. The molecule has 0 aliphatic heterocycles. The number of pyridine rings is 1. The largest absolute Gasteiger partial charge is 0.497 e. The molecule has 0 spiro atoms. The Bertz CT molecular complexity index is 877. The summed E-state index contributed by atoms with van der Waals surface area (Å²) in [6.45, 7) is 5.95. The third-order valence-electron chi connectivity index (χ3n) is 3.47. The lowest BCUT2D eigenvalue weighted by Crippen LogP contribution is -2.22. The van der Waals surface area contributed by atoms with Crippen LogP contribution in [0.5, 0.6) is 11.5 Å². The molecule has 25 heavy (non-hydrogen) atoms. The predicted molar refractivity (Wildman–Crippen MR) is 102 cm³/mol. The number of thiazole rings is 1. The van der Waals surface area contributed by atoms with Crippen LogP contribution in [-0.4, -0.2) is 29.3 Å². The highest BCUT2D eigenvalue weighted by Gasteiger charge is 2.13. The molecule has 2 heterocycles. The van der Waals surface area contributed by atoms with E-state index in [-0.39, 0.29) is 0 Å². The molecular weight excluding hydrogens is 336 g/mol. The van der Waals surface area contributed by atoms with Crippen molar-refractivity contribution in [3.8, 4) is 22.9 Å². The van der Waals surface area contributed by atoms with Crippen molar-refractivity contribution in [2.75, 3.05) is 12.4 Å². The Labute approximate surface area is 151 Å². The number of benzene rings is 1. The van der Waals surface area contributed by atoms with Gasteiger partial charge in [0.05, 0.1) is 18.3 Å². The molecule has 3 aromatic rings. The fraction of sp³-hybridized carbons (Fsp3) is 0.333. The number of methoxy groups -OCH3 is 1. The lowest BCUT2D eigenvalue weighted by Gasteiger charge is -2.14. The summed E-state index contributed by atoms with van der Waals surface area (Å²) < 4.78 is 11.1. The maximum Gasteiger partial charge on any atom is 0.183 e. The van der Waals surface area contributed by atoms with Gasteiger partial charge in [-0.2, -0.15) is 0 Å². The minimum Gasteiger partial charge on any atom is -0.497 e. The molecule has 1 aromatic carbocycles. The summed E-state index contributed by atoms with van der Waals surface area (Å²) in [4.78, 5) is 9.35. The van der Waals surface area contributed by atoms with Crippen LogP contribution in [-0.2, 0) is 0 Å². The molecule has 6 nitrogen and oxygen atoms in total. The lowest BCUT2D eigenvalue weighted by molar-refractivity contribution is 0.233. The molecule has 3 rings (SSSR count). The fourth-order valence-electron chi connectivity index (χ4n) is 2.44. The van der Waals surface area contributed by atoms with Crippen LogP contribution < -0.4 is 20.5 Å². The molecule has 0 fully saturated rings. The Morgan fingerprint density at radius 2 is 1.92 bits per heavy atom. The van der Waals surface area contributed by atoms with Crippen LogP contribution in [0.4, 0.5) is 5.13 Å². The SMILES string of the molecule is COc1ccc2c(OC(C)N)cc(-c3csc(NC(C)C)n3)nc2c1. The van der Waals surface area contributed by atoms with E-state index in [1.165, 1.54) is 0 Å². The lowest BCUT2D eigenvalue weighted by atomic mass is 10.1. The zero-order valence-corrected chi connectivity index (χ0v) is 15.6. The van der Waals surface area contributed by atoms with Gasteiger partial charge in [-0.15, -0.1) is 11.3 Å². The van der Waals surface area contributed by atoms with E-state index in [4.69, 9.17) is 20.2 Å². The second-order valence-corrected chi connectivity index (χ2v) is 6.91. The molecule has 2 aromatic heterocycles. The minimum absolute atomic E-state index is 0.324. The van der Waals surface area contributed by atoms with Crippen molar-refractivity contribution in [1.82, 2.24) is 9.97 Å². The summed E-state index contributed by atoms with van der Waals surface area (Å²) in [5, 5.41) is 7.04. The summed E-state index contributed by atoms with van der Waals surface area (Å²) in [7, 11) is 1.63. The van der Waals surface area contributed by atoms with Gasteiger partial charge in [0.15, 0.2) is 5.13 Å². The maximum absolute atomic E-state index is 5.83. The highest BCUT2D eigenvalue weighted by molar-refractivity contribution is 7.14. The summed E-state index contributed by atoms with van der Waals surface area (Å²) >= 11 is 1.55. The van der Waals surface area contributed by atoms with Crippen molar-refractivity contribution in [3.05, 3.63) is 29.6 Å². The van der Waals surface area contributed by atoms with Crippen LogP contribution in [0.2, 0.25) is 0 Å². The van der Waals surface area contributed by atoms with Gasteiger partial charge < -0.3 is 14.8 Å². The van der Waals surface area contributed by atoms with Crippen LogP contribution in [0.15, 0.2) is 29.6 Å². The molecule has 0 saturated carbocycles. The van der Waals surface area contributed by atoms with Gasteiger partial charge in [-0.25, -0.2) is 9.97 Å². The predicted octanol–water partition coefficient (Wildman–Crippen LogP) is 3.87. The highest BCUT2D eigenvalue weighted by atomic mass is 32.1. The van der Waals surface area contributed by atoms with Crippen molar-refractivity contribution in [2.24, 2.45) is 5.73 Å². The summed E-state index contributed by atoms with van der Waals surface area (Å²) in [6.07, 6.45) is -0.422. The number of hydrogen-bond donors (Lipinski definition) is 2. The van der Waals surface area contributed by atoms with E-state index in [2.05, 4.69) is 24.1 Å². The normalized spacial score (nSPS) is 12.4. The molecule has 3 N–H and O–H groups in total. The number of hydrogen-bond acceptors (Lipinski definition) is 7. The van der Waals surface area contributed by atoms with E-state index in [1.54, 1.807) is 25.4 Å². The molecule has 0 bridgehead atoms. The van der Waals surface area contributed by atoms with Crippen LogP contribution in [0.3, 0.4) is 0 Å². The second kappa shape index (κ2) is 7.25. The number of nitrogens with zero attached hydrogens (tertiary/aromatic N) is 2. The van der Waals surface area contributed by atoms with Crippen LogP contribution >= 0.6 is 11.3 Å². The number of aromatic nitrogens is 2. The number of ether oxygens (including phenoxy) is 2. The van der Waals surface area contributed by atoms with Crippen molar-refractivity contribution in [1.29, 1.82) is 0 Å². The molecule has 0 aliphatic carbocycles. The smallest absolute Gasteiger partial charge is 0.183 e. The molecule has 0 saturated heterocycles. The van der Waals surface area contributed by atoms with Crippen LogP contribution in [0.1, 0.15) is 20.8 Å². The van der Waals surface area contributed by atoms with Gasteiger partial charge in [0.25, 0.3) is 0 Å². The van der Waals surface area contributed by atoms with Gasteiger partial charge in [-0.3, -0.25) is 5.73 Å². The van der Waals surface area contributed by atoms with Gasteiger partial charge in [-0.1, -0.05) is 0 Å². The van der Waals surface area contributed by atoms with E-state index in [0.717, 1.165) is 33.2 Å². The Balaban J connectivity index is 2.09.